The summed E-state index contributed by atoms with van der Waals surface area (Å²) in [5.74, 6) is 0.517. The van der Waals surface area contributed by atoms with E-state index in [-0.39, 0.29) is 12.5 Å². The van der Waals surface area contributed by atoms with Gasteiger partial charge in [0.15, 0.2) is 0 Å². The van der Waals surface area contributed by atoms with Crippen molar-refractivity contribution in [2.75, 3.05) is 17.7 Å². The number of nitrogens with one attached hydrogen (secondary N) is 2. The Morgan fingerprint density at radius 2 is 1.66 bits per heavy atom. The average Bonchev–Trinajstić information content (AvgIpc) is 2.80. The summed E-state index contributed by atoms with van der Waals surface area (Å²) in [6.07, 6.45) is -0.921. The molecule has 3 rings (SSSR count). The van der Waals surface area contributed by atoms with Crippen LogP contribution < -0.4 is 21.1 Å². The molecule has 0 bridgehead atoms. The lowest BCUT2D eigenvalue weighted by Crippen LogP contribution is -2.25. The molecular weight excluding hydrogens is 406 g/mol. The summed E-state index contributed by atoms with van der Waals surface area (Å²) < 4.78 is 10.8. The zero-order chi connectivity index (χ0) is 22.9. The van der Waals surface area contributed by atoms with Crippen molar-refractivity contribution in [3.8, 4) is 5.75 Å². The van der Waals surface area contributed by atoms with Crippen LogP contribution in [0, 0.1) is 0 Å². The third-order valence-electron chi connectivity index (χ3n) is 4.81. The number of carbonyl (C=O) groups excluding carboxylic acids is 2. The quantitative estimate of drug-likeness (QED) is 0.438. The van der Waals surface area contributed by atoms with E-state index in [1.54, 1.807) is 48.5 Å². The van der Waals surface area contributed by atoms with Gasteiger partial charge in [0.1, 0.15) is 11.9 Å². The number of benzene rings is 3. The molecule has 0 aliphatic heterocycles. The van der Waals surface area contributed by atoms with Crippen LogP contribution in [0.3, 0.4) is 0 Å². The predicted octanol–water partition coefficient (Wildman–Crippen LogP) is 4.91. The van der Waals surface area contributed by atoms with Crippen LogP contribution in [0.25, 0.3) is 0 Å². The second-order valence-corrected chi connectivity index (χ2v) is 7.14. The molecule has 166 valence electrons. The van der Waals surface area contributed by atoms with Crippen LogP contribution in [-0.2, 0) is 11.3 Å². The summed E-state index contributed by atoms with van der Waals surface area (Å²) in [6.45, 7) is 4.61. The highest BCUT2D eigenvalue weighted by Crippen LogP contribution is 2.21. The van der Waals surface area contributed by atoms with Crippen LogP contribution >= 0.6 is 0 Å². The number of rotatable bonds is 8. The van der Waals surface area contributed by atoms with E-state index in [1.165, 1.54) is 0 Å². The first-order valence-electron chi connectivity index (χ1n) is 10.4. The standard InChI is InChI=1S/C25H27N3O4/c1-3-31-21-14-12-19(13-15-21)17(2)32-25(30)27-16-18-8-10-20(11-9-18)24(29)28-23-7-5-4-6-22(23)26/h4-15,17H,3,16,26H2,1-2H3,(H,27,30)(H,28,29)/t17-/m0/s1. The van der Waals surface area contributed by atoms with E-state index in [0.29, 0.717) is 23.5 Å². The van der Waals surface area contributed by atoms with E-state index in [0.717, 1.165) is 16.9 Å². The molecule has 0 saturated carbocycles. The van der Waals surface area contributed by atoms with Crippen molar-refractivity contribution < 1.29 is 19.1 Å². The maximum absolute atomic E-state index is 12.4. The van der Waals surface area contributed by atoms with Gasteiger partial charge in [0.05, 0.1) is 18.0 Å². The Balaban J connectivity index is 1.48. The Morgan fingerprint density at radius 3 is 2.31 bits per heavy atom. The minimum atomic E-state index is -0.521. The molecular formula is C25H27N3O4. The minimum Gasteiger partial charge on any atom is -0.494 e. The van der Waals surface area contributed by atoms with Gasteiger partial charge in [-0.05, 0) is 61.4 Å². The van der Waals surface area contributed by atoms with Gasteiger partial charge in [-0.25, -0.2) is 4.79 Å². The van der Waals surface area contributed by atoms with Crippen molar-refractivity contribution in [1.82, 2.24) is 5.32 Å². The number of anilines is 2. The third-order valence-corrected chi connectivity index (χ3v) is 4.81. The molecule has 0 radical (unpaired) electrons. The summed E-state index contributed by atoms with van der Waals surface area (Å²) in [4.78, 5) is 24.5. The van der Waals surface area contributed by atoms with Gasteiger partial charge < -0.3 is 25.8 Å². The molecule has 3 aromatic rings. The topological polar surface area (TPSA) is 103 Å². The number of carbonyl (C=O) groups is 2. The Labute approximate surface area is 187 Å². The van der Waals surface area contributed by atoms with Crippen molar-refractivity contribution in [2.24, 2.45) is 0 Å². The largest absolute Gasteiger partial charge is 0.494 e. The Bertz CT molecular complexity index is 1050. The smallest absolute Gasteiger partial charge is 0.408 e. The molecule has 0 aliphatic rings. The fourth-order valence-electron chi connectivity index (χ4n) is 3.03. The highest BCUT2D eigenvalue weighted by atomic mass is 16.6. The van der Waals surface area contributed by atoms with E-state index in [9.17, 15) is 9.59 Å². The normalized spacial score (nSPS) is 11.3. The summed E-state index contributed by atoms with van der Waals surface area (Å²) >= 11 is 0. The Morgan fingerprint density at radius 1 is 0.969 bits per heavy atom. The van der Waals surface area contributed by atoms with Crippen LogP contribution in [0.2, 0.25) is 0 Å². The second-order valence-electron chi connectivity index (χ2n) is 7.14. The van der Waals surface area contributed by atoms with Crippen molar-refractivity contribution >= 4 is 23.4 Å². The zero-order valence-electron chi connectivity index (χ0n) is 18.1. The molecule has 0 heterocycles. The number of hydrogen-bond donors (Lipinski definition) is 3. The highest BCUT2D eigenvalue weighted by Gasteiger charge is 2.12. The van der Waals surface area contributed by atoms with E-state index in [1.807, 2.05) is 38.1 Å². The molecule has 4 N–H and O–H groups in total. The van der Waals surface area contributed by atoms with E-state index in [4.69, 9.17) is 15.2 Å². The first kappa shape index (κ1) is 22.7. The van der Waals surface area contributed by atoms with Crippen molar-refractivity contribution in [3.05, 3.63) is 89.5 Å². The molecule has 0 saturated heterocycles. The Hall–Kier alpha value is -4.00. The number of alkyl carbamates (subject to hydrolysis) is 1. The van der Waals surface area contributed by atoms with Crippen molar-refractivity contribution in [1.29, 1.82) is 0 Å². The number of para-hydroxylation sites is 2. The maximum atomic E-state index is 12.4. The molecule has 7 nitrogen and oxygen atoms in total. The molecule has 1 atom stereocenters. The van der Waals surface area contributed by atoms with Gasteiger partial charge in [-0.1, -0.05) is 36.4 Å². The summed E-state index contributed by atoms with van der Waals surface area (Å²) in [6, 6.07) is 21.4. The number of amides is 2. The molecule has 3 aromatic carbocycles. The monoisotopic (exact) mass is 433 g/mol. The average molecular weight is 434 g/mol. The number of hydrogen-bond acceptors (Lipinski definition) is 5. The molecule has 7 heteroatoms. The van der Waals surface area contributed by atoms with Gasteiger partial charge in [0, 0.05) is 12.1 Å². The molecule has 32 heavy (non-hydrogen) atoms. The number of nitrogens with two attached hydrogens (primary N) is 1. The van der Waals surface area contributed by atoms with Gasteiger partial charge in [0.2, 0.25) is 0 Å². The first-order chi connectivity index (χ1) is 15.5. The van der Waals surface area contributed by atoms with E-state index >= 15 is 0 Å². The van der Waals surface area contributed by atoms with Crippen LogP contribution in [0.4, 0.5) is 16.2 Å². The van der Waals surface area contributed by atoms with E-state index < -0.39 is 12.2 Å². The zero-order valence-corrected chi connectivity index (χ0v) is 18.1. The predicted molar refractivity (Wildman–Crippen MR) is 125 cm³/mol. The number of ether oxygens (including phenoxy) is 2. The lowest BCUT2D eigenvalue weighted by Gasteiger charge is -2.15. The SMILES string of the molecule is CCOc1ccc([C@H](C)OC(=O)NCc2ccc(C(=O)Nc3ccccc3N)cc2)cc1. The van der Waals surface area contributed by atoms with Gasteiger partial charge in [-0.2, -0.15) is 0 Å². The third kappa shape index (κ3) is 6.25. The maximum Gasteiger partial charge on any atom is 0.408 e. The Kier molecular flexibility index (Phi) is 7.70. The fraction of sp³-hybridized carbons (Fsp3) is 0.200. The fourth-order valence-corrected chi connectivity index (χ4v) is 3.03. The lowest BCUT2D eigenvalue weighted by molar-refractivity contribution is 0.102. The summed E-state index contributed by atoms with van der Waals surface area (Å²) in [5.41, 5.74) is 9.12. The first-order valence-corrected chi connectivity index (χ1v) is 10.4. The van der Waals surface area contributed by atoms with Crippen molar-refractivity contribution in [3.63, 3.8) is 0 Å². The summed E-state index contributed by atoms with van der Waals surface area (Å²) in [7, 11) is 0. The van der Waals surface area contributed by atoms with Gasteiger partial charge in [-0.3, -0.25) is 4.79 Å². The van der Waals surface area contributed by atoms with Crippen LogP contribution in [0.1, 0.15) is 41.4 Å². The molecule has 0 unspecified atom stereocenters. The number of nitrogen functional groups attached to an aromatic ring is 1. The van der Waals surface area contributed by atoms with Crippen LogP contribution in [0.15, 0.2) is 72.8 Å². The lowest BCUT2D eigenvalue weighted by atomic mass is 10.1. The van der Waals surface area contributed by atoms with Gasteiger partial charge >= 0.3 is 6.09 Å². The molecule has 0 spiro atoms. The van der Waals surface area contributed by atoms with E-state index in [2.05, 4.69) is 10.6 Å². The molecule has 2 amide bonds. The second kappa shape index (κ2) is 10.9. The van der Waals surface area contributed by atoms with Gasteiger partial charge in [0.25, 0.3) is 5.91 Å². The van der Waals surface area contributed by atoms with Crippen LogP contribution in [0.5, 0.6) is 5.75 Å². The van der Waals surface area contributed by atoms with Crippen molar-refractivity contribution in [2.45, 2.75) is 26.5 Å². The molecule has 0 aromatic heterocycles. The summed E-state index contributed by atoms with van der Waals surface area (Å²) in [5, 5.41) is 5.51. The highest BCUT2D eigenvalue weighted by molar-refractivity contribution is 6.05. The van der Waals surface area contributed by atoms with Gasteiger partial charge in [-0.15, -0.1) is 0 Å². The molecule has 0 aliphatic carbocycles. The minimum absolute atomic E-state index is 0.258. The molecule has 0 fully saturated rings. The van der Waals surface area contributed by atoms with Crippen LogP contribution in [-0.4, -0.2) is 18.6 Å².